The largest absolute Gasteiger partial charge is 0.332 e. The Morgan fingerprint density at radius 1 is 0.833 bits per heavy atom. The molecule has 0 aliphatic heterocycles. The highest BCUT2D eigenvalue weighted by atomic mass is 32.2. The second-order valence-electron chi connectivity index (χ2n) is 5.21. The number of rotatable bonds is 3. The first-order chi connectivity index (χ1) is 11.4. The topological polar surface area (TPSA) is 84.2 Å². The van der Waals surface area contributed by atoms with Gasteiger partial charge in [0.25, 0.3) is 0 Å². The number of hydrogen-bond donors (Lipinski definition) is 3. The van der Waals surface area contributed by atoms with Crippen molar-refractivity contribution in [1.29, 1.82) is 0 Å². The normalized spacial score (nSPS) is 11.2. The third-order valence-electron chi connectivity index (χ3n) is 3.45. The van der Waals surface area contributed by atoms with Gasteiger partial charge in [-0.05, 0) is 59.4 Å². The lowest BCUT2D eigenvalue weighted by Crippen LogP contribution is -2.19. The quantitative estimate of drug-likeness (QED) is 0.627. The van der Waals surface area contributed by atoms with E-state index in [2.05, 4.69) is 10.6 Å². The van der Waals surface area contributed by atoms with E-state index < -0.39 is 10.0 Å². The Hall–Kier alpha value is -2.48. The fourth-order valence-corrected chi connectivity index (χ4v) is 3.04. The summed E-state index contributed by atoms with van der Waals surface area (Å²) in [7, 11) is -3.69. The number of anilines is 2. The second-order valence-corrected chi connectivity index (χ2v) is 7.18. The Morgan fingerprint density at radius 3 is 2.08 bits per heavy atom. The number of benzene rings is 3. The molecule has 122 valence electrons. The molecule has 0 atom stereocenters. The van der Waals surface area contributed by atoms with Gasteiger partial charge in [0, 0.05) is 11.4 Å². The van der Waals surface area contributed by atoms with Crippen LogP contribution in [0.5, 0.6) is 0 Å². The molecule has 7 heteroatoms. The van der Waals surface area contributed by atoms with Crippen molar-refractivity contribution in [2.24, 2.45) is 5.14 Å². The minimum atomic E-state index is -3.69. The molecule has 0 fully saturated rings. The van der Waals surface area contributed by atoms with Crippen LogP contribution < -0.4 is 15.8 Å². The summed E-state index contributed by atoms with van der Waals surface area (Å²) >= 11 is 5.28. The molecule has 24 heavy (non-hydrogen) atoms. The summed E-state index contributed by atoms with van der Waals surface area (Å²) in [4.78, 5) is 0.0569. The van der Waals surface area contributed by atoms with Crippen LogP contribution in [0.2, 0.25) is 0 Å². The molecule has 4 N–H and O–H groups in total. The second kappa shape index (κ2) is 6.56. The summed E-state index contributed by atoms with van der Waals surface area (Å²) in [6, 6.07) is 20.1. The van der Waals surface area contributed by atoms with Gasteiger partial charge in [-0.1, -0.05) is 30.3 Å². The first-order valence-corrected chi connectivity index (χ1v) is 9.07. The third-order valence-corrected chi connectivity index (χ3v) is 4.58. The highest BCUT2D eigenvalue weighted by Crippen LogP contribution is 2.19. The van der Waals surface area contributed by atoms with Gasteiger partial charge in [0.2, 0.25) is 10.0 Å². The van der Waals surface area contributed by atoms with E-state index in [4.69, 9.17) is 17.4 Å². The molecule has 5 nitrogen and oxygen atoms in total. The number of nitrogens with two attached hydrogens (primary N) is 1. The van der Waals surface area contributed by atoms with Crippen molar-refractivity contribution in [3.63, 3.8) is 0 Å². The molecule has 3 aromatic carbocycles. The van der Waals surface area contributed by atoms with Gasteiger partial charge in [0.15, 0.2) is 5.11 Å². The highest BCUT2D eigenvalue weighted by Gasteiger charge is 2.07. The Kier molecular flexibility index (Phi) is 4.48. The standard InChI is InChI=1S/C17H15N3O2S2/c18-24(21,22)16-9-7-14(8-10-16)19-17(23)20-15-6-5-12-3-1-2-4-13(12)11-15/h1-11H,(H2,18,21,22)(H2,19,20,23). The van der Waals surface area contributed by atoms with Crippen LogP contribution in [0.25, 0.3) is 10.8 Å². The molecule has 0 aliphatic rings. The predicted octanol–water partition coefficient (Wildman–Crippen LogP) is 3.30. The maximum atomic E-state index is 11.2. The van der Waals surface area contributed by atoms with Crippen LogP contribution in [0.4, 0.5) is 11.4 Å². The van der Waals surface area contributed by atoms with Crippen LogP contribution in [0, 0.1) is 0 Å². The first kappa shape index (κ1) is 16.4. The summed E-state index contributed by atoms with van der Waals surface area (Å²) < 4.78 is 22.5. The predicted molar refractivity (Wildman–Crippen MR) is 102 cm³/mol. The molecular formula is C17H15N3O2S2. The van der Waals surface area contributed by atoms with E-state index in [1.807, 2.05) is 42.5 Å². The lowest BCUT2D eigenvalue weighted by Gasteiger charge is -2.11. The SMILES string of the molecule is NS(=O)(=O)c1ccc(NC(=S)Nc2ccc3ccccc3c2)cc1. The van der Waals surface area contributed by atoms with Crippen LogP contribution in [0.1, 0.15) is 0 Å². The summed E-state index contributed by atoms with van der Waals surface area (Å²) in [6.45, 7) is 0. The van der Waals surface area contributed by atoms with Crippen LogP contribution in [0.15, 0.2) is 71.6 Å². The molecule has 0 saturated carbocycles. The molecule has 0 unspecified atom stereocenters. The number of thiocarbonyl (C=S) groups is 1. The molecule has 3 aromatic rings. The van der Waals surface area contributed by atoms with Crippen molar-refractivity contribution in [3.05, 3.63) is 66.7 Å². The Labute approximate surface area is 145 Å². The van der Waals surface area contributed by atoms with Crippen LogP contribution in [-0.4, -0.2) is 13.5 Å². The molecule has 0 amide bonds. The van der Waals surface area contributed by atoms with Crippen molar-refractivity contribution in [3.8, 4) is 0 Å². The zero-order chi connectivity index (χ0) is 17.2. The number of nitrogens with one attached hydrogen (secondary N) is 2. The van der Waals surface area contributed by atoms with Crippen molar-refractivity contribution in [2.45, 2.75) is 4.90 Å². The minimum absolute atomic E-state index is 0.0569. The summed E-state index contributed by atoms with van der Waals surface area (Å²) in [5.74, 6) is 0. The maximum absolute atomic E-state index is 11.2. The maximum Gasteiger partial charge on any atom is 0.238 e. The summed E-state index contributed by atoms with van der Waals surface area (Å²) in [5.41, 5.74) is 1.54. The van der Waals surface area contributed by atoms with Crippen molar-refractivity contribution in [2.75, 3.05) is 10.6 Å². The molecule has 0 aliphatic carbocycles. The van der Waals surface area contributed by atoms with E-state index in [0.29, 0.717) is 10.8 Å². The molecule has 0 heterocycles. The molecule has 0 saturated heterocycles. The first-order valence-electron chi connectivity index (χ1n) is 7.11. The molecular weight excluding hydrogens is 342 g/mol. The zero-order valence-electron chi connectivity index (χ0n) is 12.6. The molecule has 0 radical (unpaired) electrons. The average molecular weight is 357 g/mol. The Bertz CT molecular complexity index is 1000. The van der Waals surface area contributed by atoms with E-state index >= 15 is 0 Å². The van der Waals surface area contributed by atoms with Crippen LogP contribution >= 0.6 is 12.2 Å². The monoisotopic (exact) mass is 357 g/mol. The van der Waals surface area contributed by atoms with Gasteiger partial charge in [-0.15, -0.1) is 0 Å². The zero-order valence-corrected chi connectivity index (χ0v) is 14.2. The molecule has 3 rings (SSSR count). The van der Waals surface area contributed by atoms with Crippen molar-refractivity contribution in [1.82, 2.24) is 0 Å². The van der Waals surface area contributed by atoms with E-state index in [1.165, 1.54) is 12.1 Å². The molecule has 0 spiro atoms. The lowest BCUT2D eigenvalue weighted by atomic mass is 10.1. The summed E-state index contributed by atoms with van der Waals surface area (Å²) in [5, 5.41) is 13.9. The van der Waals surface area contributed by atoms with Gasteiger partial charge in [-0.2, -0.15) is 0 Å². The van der Waals surface area contributed by atoms with Gasteiger partial charge in [0.05, 0.1) is 4.90 Å². The minimum Gasteiger partial charge on any atom is -0.332 e. The fraction of sp³-hybridized carbons (Fsp3) is 0. The number of hydrogen-bond acceptors (Lipinski definition) is 3. The van der Waals surface area contributed by atoms with Gasteiger partial charge >= 0.3 is 0 Å². The lowest BCUT2D eigenvalue weighted by molar-refractivity contribution is 0.598. The number of fused-ring (bicyclic) bond motifs is 1. The van der Waals surface area contributed by atoms with Gasteiger partial charge < -0.3 is 10.6 Å². The van der Waals surface area contributed by atoms with E-state index in [-0.39, 0.29) is 4.90 Å². The van der Waals surface area contributed by atoms with Crippen LogP contribution in [0.3, 0.4) is 0 Å². The third kappa shape index (κ3) is 3.88. The Morgan fingerprint density at radius 2 is 1.42 bits per heavy atom. The van der Waals surface area contributed by atoms with Crippen molar-refractivity contribution < 1.29 is 8.42 Å². The van der Waals surface area contributed by atoms with Gasteiger partial charge in [-0.3, -0.25) is 0 Å². The Balaban J connectivity index is 1.70. The van der Waals surface area contributed by atoms with E-state index in [1.54, 1.807) is 12.1 Å². The van der Waals surface area contributed by atoms with Gasteiger partial charge in [0.1, 0.15) is 0 Å². The van der Waals surface area contributed by atoms with E-state index in [0.717, 1.165) is 16.5 Å². The fourth-order valence-electron chi connectivity index (χ4n) is 2.29. The smallest absolute Gasteiger partial charge is 0.238 e. The van der Waals surface area contributed by atoms with Crippen molar-refractivity contribution >= 4 is 49.5 Å². The van der Waals surface area contributed by atoms with Crippen LogP contribution in [-0.2, 0) is 10.0 Å². The summed E-state index contributed by atoms with van der Waals surface area (Å²) in [6.07, 6.45) is 0. The average Bonchev–Trinajstić information content (AvgIpc) is 2.54. The number of primary sulfonamides is 1. The van der Waals surface area contributed by atoms with Gasteiger partial charge in [-0.25, -0.2) is 13.6 Å². The van der Waals surface area contributed by atoms with E-state index in [9.17, 15) is 8.42 Å². The highest BCUT2D eigenvalue weighted by molar-refractivity contribution is 7.89. The molecule has 0 aromatic heterocycles. The molecule has 0 bridgehead atoms. The number of sulfonamides is 1.